The standard InChI is InChI=1S/C25H20N2O.C4H6.C2H6.CH5N/c1-28-20-14-11-18(12-15-20)23-22-16-13-17-7-5-6-10-21(17)24(22)27-25(26-23)19-8-3-2-4-9-19;1-3-4-2;2*1-2/h2-12,14-15H,13,16H2,1H3;3-4H,1-2H2;1-2H3;2H2,1H3. The molecule has 2 N–H and O–H groups in total. The van der Waals surface area contributed by atoms with Gasteiger partial charge in [-0.15, -0.1) is 0 Å². The molecule has 4 heteroatoms. The van der Waals surface area contributed by atoms with Gasteiger partial charge in [-0.2, -0.15) is 0 Å². The number of fused-ring (bicyclic) bond motifs is 3. The molecule has 186 valence electrons. The fourth-order valence-corrected chi connectivity index (χ4v) is 3.88. The average Bonchev–Trinajstić information content (AvgIpc) is 2.99. The Morgan fingerprint density at radius 3 is 1.92 bits per heavy atom. The number of benzene rings is 3. The maximum Gasteiger partial charge on any atom is 0.160 e. The molecule has 0 amide bonds. The van der Waals surface area contributed by atoms with Crippen molar-refractivity contribution in [2.24, 2.45) is 5.73 Å². The molecule has 1 aromatic heterocycles. The molecular weight excluding hydrogens is 442 g/mol. The third-order valence-corrected chi connectivity index (χ3v) is 5.49. The molecule has 36 heavy (non-hydrogen) atoms. The summed E-state index contributed by atoms with van der Waals surface area (Å²) in [7, 11) is 3.19. The number of ether oxygens (including phenoxy) is 1. The number of hydrogen-bond donors (Lipinski definition) is 1. The molecule has 0 fully saturated rings. The molecule has 0 saturated carbocycles. The zero-order valence-corrected chi connectivity index (χ0v) is 21.9. The van der Waals surface area contributed by atoms with Gasteiger partial charge in [-0.25, -0.2) is 9.97 Å². The van der Waals surface area contributed by atoms with Crippen molar-refractivity contribution < 1.29 is 4.74 Å². The molecule has 0 aliphatic heterocycles. The second-order valence-corrected chi connectivity index (χ2v) is 7.45. The summed E-state index contributed by atoms with van der Waals surface area (Å²) in [6.45, 7) is 10.7. The number of nitrogens with two attached hydrogens (primary N) is 1. The van der Waals surface area contributed by atoms with Crippen LogP contribution in [0.15, 0.2) is 104 Å². The largest absolute Gasteiger partial charge is 0.497 e. The van der Waals surface area contributed by atoms with Gasteiger partial charge in [0.2, 0.25) is 0 Å². The van der Waals surface area contributed by atoms with Crippen molar-refractivity contribution >= 4 is 0 Å². The van der Waals surface area contributed by atoms with E-state index in [-0.39, 0.29) is 0 Å². The van der Waals surface area contributed by atoms with Gasteiger partial charge in [0, 0.05) is 22.3 Å². The van der Waals surface area contributed by atoms with Crippen molar-refractivity contribution in [2.45, 2.75) is 26.7 Å². The van der Waals surface area contributed by atoms with E-state index in [2.05, 4.69) is 67.4 Å². The first-order valence-corrected chi connectivity index (χ1v) is 12.3. The Balaban J connectivity index is 0.000000512. The molecule has 1 heterocycles. The SMILES string of the molecule is C=CC=C.CC.CN.COc1ccc(-c2nc(-c3ccccc3)nc3c2CCc2ccccc2-3)cc1. The highest BCUT2D eigenvalue weighted by Gasteiger charge is 2.23. The molecule has 0 atom stereocenters. The van der Waals surface area contributed by atoms with Gasteiger partial charge in [-0.3, -0.25) is 0 Å². The lowest BCUT2D eigenvalue weighted by Crippen LogP contribution is -2.10. The van der Waals surface area contributed by atoms with E-state index in [1.165, 1.54) is 23.7 Å². The summed E-state index contributed by atoms with van der Waals surface area (Å²) in [5, 5.41) is 0. The van der Waals surface area contributed by atoms with Crippen LogP contribution in [0, 0.1) is 0 Å². The summed E-state index contributed by atoms with van der Waals surface area (Å²) < 4.78 is 5.32. The third kappa shape index (κ3) is 6.77. The minimum Gasteiger partial charge on any atom is -0.497 e. The van der Waals surface area contributed by atoms with Crippen LogP contribution in [0.1, 0.15) is 25.0 Å². The van der Waals surface area contributed by atoms with Crippen molar-refractivity contribution in [3.05, 3.63) is 115 Å². The highest BCUT2D eigenvalue weighted by atomic mass is 16.5. The highest BCUT2D eigenvalue weighted by Crippen LogP contribution is 2.38. The first-order chi connectivity index (χ1) is 17.7. The summed E-state index contributed by atoms with van der Waals surface area (Å²) in [5.74, 6) is 1.61. The van der Waals surface area contributed by atoms with Crippen molar-refractivity contribution in [2.75, 3.05) is 14.2 Å². The molecule has 0 spiro atoms. The maximum absolute atomic E-state index is 5.32. The van der Waals surface area contributed by atoms with Crippen LogP contribution in [0.4, 0.5) is 0 Å². The van der Waals surface area contributed by atoms with E-state index in [9.17, 15) is 0 Å². The van der Waals surface area contributed by atoms with Crippen molar-refractivity contribution in [1.82, 2.24) is 9.97 Å². The summed E-state index contributed by atoms with van der Waals surface area (Å²) >= 11 is 0. The Morgan fingerprint density at radius 1 is 0.722 bits per heavy atom. The lowest BCUT2D eigenvalue weighted by atomic mass is 9.86. The molecular formula is C32H37N3O. The van der Waals surface area contributed by atoms with E-state index < -0.39 is 0 Å². The van der Waals surface area contributed by atoms with Gasteiger partial charge >= 0.3 is 0 Å². The molecule has 1 aliphatic carbocycles. The van der Waals surface area contributed by atoms with E-state index in [1.54, 1.807) is 19.3 Å². The number of aromatic nitrogens is 2. The van der Waals surface area contributed by atoms with Crippen LogP contribution in [0.5, 0.6) is 5.75 Å². The quantitative estimate of drug-likeness (QED) is 0.307. The summed E-state index contributed by atoms with van der Waals surface area (Å²) in [6.07, 6.45) is 5.24. The van der Waals surface area contributed by atoms with Crippen molar-refractivity contribution in [3.63, 3.8) is 0 Å². The third-order valence-electron chi connectivity index (χ3n) is 5.49. The monoisotopic (exact) mass is 479 g/mol. The Morgan fingerprint density at radius 2 is 1.31 bits per heavy atom. The van der Waals surface area contributed by atoms with Crippen LogP contribution in [-0.4, -0.2) is 24.1 Å². The van der Waals surface area contributed by atoms with Crippen LogP contribution in [0.25, 0.3) is 33.9 Å². The minimum atomic E-state index is 0.766. The van der Waals surface area contributed by atoms with Crippen LogP contribution >= 0.6 is 0 Å². The molecule has 5 rings (SSSR count). The fourth-order valence-electron chi connectivity index (χ4n) is 3.88. The van der Waals surface area contributed by atoms with Crippen LogP contribution in [-0.2, 0) is 12.8 Å². The van der Waals surface area contributed by atoms with Gasteiger partial charge in [-0.1, -0.05) is 93.8 Å². The predicted molar refractivity (Wildman–Crippen MR) is 154 cm³/mol. The summed E-state index contributed by atoms with van der Waals surface area (Å²) in [5.41, 5.74) is 12.5. The van der Waals surface area contributed by atoms with E-state index in [1.807, 2.05) is 44.2 Å². The molecule has 0 unspecified atom stereocenters. The average molecular weight is 480 g/mol. The fraction of sp³-hybridized carbons (Fsp3) is 0.188. The maximum atomic E-state index is 5.32. The van der Waals surface area contributed by atoms with Gasteiger partial charge in [0.25, 0.3) is 0 Å². The van der Waals surface area contributed by atoms with E-state index in [0.29, 0.717) is 0 Å². The van der Waals surface area contributed by atoms with Crippen molar-refractivity contribution in [3.8, 4) is 39.7 Å². The van der Waals surface area contributed by atoms with Crippen molar-refractivity contribution in [1.29, 1.82) is 0 Å². The normalized spacial score (nSPS) is 10.4. The summed E-state index contributed by atoms with van der Waals surface area (Å²) in [4.78, 5) is 10.0. The van der Waals surface area contributed by atoms with E-state index >= 15 is 0 Å². The lowest BCUT2D eigenvalue weighted by molar-refractivity contribution is 0.415. The summed E-state index contributed by atoms with van der Waals surface area (Å²) in [6, 6.07) is 26.9. The molecule has 0 radical (unpaired) electrons. The smallest absolute Gasteiger partial charge is 0.160 e. The Hall–Kier alpha value is -4.02. The Kier molecular flexibility index (Phi) is 11.8. The second-order valence-electron chi connectivity index (χ2n) is 7.45. The number of allylic oxidation sites excluding steroid dienone is 2. The number of methoxy groups -OCH3 is 1. The zero-order chi connectivity index (χ0) is 26.3. The van der Waals surface area contributed by atoms with Crippen LogP contribution in [0.2, 0.25) is 0 Å². The van der Waals surface area contributed by atoms with Gasteiger partial charge in [0.1, 0.15) is 5.75 Å². The minimum absolute atomic E-state index is 0.766. The van der Waals surface area contributed by atoms with Crippen LogP contribution < -0.4 is 10.5 Å². The van der Waals surface area contributed by atoms with Gasteiger partial charge < -0.3 is 10.5 Å². The number of nitrogens with zero attached hydrogens (tertiary/aromatic N) is 2. The Bertz CT molecular complexity index is 1230. The molecule has 1 aliphatic rings. The predicted octanol–water partition coefficient (Wildman–Crippen LogP) is 7.54. The molecule has 0 saturated heterocycles. The molecule has 3 aromatic carbocycles. The molecule has 0 bridgehead atoms. The van der Waals surface area contributed by atoms with Gasteiger partial charge in [-0.05, 0) is 49.7 Å². The van der Waals surface area contributed by atoms with E-state index in [0.717, 1.165) is 46.9 Å². The number of aryl methyl sites for hydroxylation is 1. The van der Waals surface area contributed by atoms with E-state index in [4.69, 9.17) is 14.7 Å². The Labute approximate surface area is 216 Å². The topological polar surface area (TPSA) is 61.0 Å². The number of hydrogen-bond acceptors (Lipinski definition) is 4. The first kappa shape index (κ1) is 28.2. The second kappa shape index (κ2) is 15.1. The number of rotatable bonds is 4. The van der Waals surface area contributed by atoms with Gasteiger partial charge in [0.15, 0.2) is 5.82 Å². The highest BCUT2D eigenvalue weighted by molar-refractivity contribution is 5.79. The van der Waals surface area contributed by atoms with Gasteiger partial charge in [0.05, 0.1) is 18.5 Å². The molecule has 4 aromatic rings. The lowest BCUT2D eigenvalue weighted by Gasteiger charge is -2.22. The first-order valence-electron chi connectivity index (χ1n) is 12.3. The molecule has 4 nitrogen and oxygen atoms in total. The zero-order valence-electron chi connectivity index (χ0n) is 21.9. The van der Waals surface area contributed by atoms with Crippen LogP contribution in [0.3, 0.4) is 0 Å².